The fourth-order valence-corrected chi connectivity index (χ4v) is 1.91. The van der Waals surface area contributed by atoms with Crippen molar-refractivity contribution in [3.05, 3.63) is 30.4 Å². The van der Waals surface area contributed by atoms with Gasteiger partial charge in [-0.15, -0.1) is 6.58 Å². The number of carbonyl (C=O) groups excluding carboxylic acids is 1. The van der Waals surface area contributed by atoms with Crippen molar-refractivity contribution in [2.24, 2.45) is 0 Å². The highest BCUT2D eigenvalue weighted by Crippen LogP contribution is 2.30. The van der Waals surface area contributed by atoms with Crippen LogP contribution in [0, 0.1) is 0 Å². The zero-order chi connectivity index (χ0) is 12.3. The maximum absolute atomic E-state index is 11.3. The van der Waals surface area contributed by atoms with Gasteiger partial charge in [0.25, 0.3) is 0 Å². The Morgan fingerprint density at radius 2 is 2.29 bits per heavy atom. The van der Waals surface area contributed by atoms with Crippen molar-refractivity contribution in [2.75, 3.05) is 22.9 Å². The summed E-state index contributed by atoms with van der Waals surface area (Å²) in [6.45, 7) is 4.46. The number of hydrogen-bond acceptors (Lipinski definition) is 3. The Kier molecular flexibility index (Phi) is 3.32. The van der Waals surface area contributed by atoms with Crippen molar-refractivity contribution >= 4 is 23.0 Å². The van der Waals surface area contributed by atoms with Gasteiger partial charge in [0, 0.05) is 18.7 Å². The Balaban J connectivity index is 2.19. The summed E-state index contributed by atoms with van der Waals surface area (Å²) in [5.74, 6) is 0.0688. The van der Waals surface area contributed by atoms with Gasteiger partial charge in [0.2, 0.25) is 5.91 Å². The summed E-state index contributed by atoms with van der Waals surface area (Å²) in [5, 5.41) is 6.09. The number of aryl methyl sites for hydroxylation is 1. The minimum Gasteiger partial charge on any atom is -0.397 e. The number of anilines is 3. The second kappa shape index (κ2) is 4.91. The first kappa shape index (κ1) is 11.5. The first-order valence-electron chi connectivity index (χ1n) is 5.77. The van der Waals surface area contributed by atoms with E-state index in [0.717, 1.165) is 42.0 Å². The van der Waals surface area contributed by atoms with Crippen molar-refractivity contribution in [3.8, 4) is 0 Å². The zero-order valence-corrected chi connectivity index (χ0v) is 9.75. The molecule has 1 aromatic carbocycles. The van der Waals surface area contributed by atoms with Crippen LogP contribution in [0.1, 0.15) is 18.4 Å². The van der Waals surface area contributed by atoms with Crippen molar-refractivity contribution in [2.45, 2.75) is 19.3 Å². The fourth-order valence-electron chi connectivity index (χ4n) is 1.91. The van der Waals surface area contributed by atoms with Crippen LogP contribution in [-0.4, -0.2) is 12.5 Å². The van der Waals surface area contributed by atoms with E-state index in [1.54, 1.807) is 0 Å². The normalized spacial score (nSPS) is 13.8. The molecule has 1 amide bonds. The molecule has 90 valence electrons. The molecule has 0 aromatic heterocycles. The first-order chi connectivity index (χ1) is 8.20. The van der Waals surface area contributed by atoms with Gasteiger partial charge in [-0.3, -0.25) is 4.79 Å². The van der Waals surface area contributed by atoms with E-state index < -0.39 is 0 Å². The van der Waals surface area contributed by atoms with Gasteiger partial charge in [-0.25, -0.2) is 0 Å². The number of carbonyl (C=O) groups is 1. The Labute approximate surface area is 101 Å². The van der Waals surface area contributed by atoms with Gasteiger partial charge in [-0.1, -0.05) is 6.08 Å². The van der Waals surface area contributed by atoms with E-state index in [-0.39, 0.29) is 5.91 Å². The number of rotatable bonds is 4. The molecule has 1 heterocycles. The molecule has 4 nitrogen and oxygen atoms in total. The minimum absolute atomic E-state index is 0.0688. The first-order valence-corrected chi connectivity index (χ1v) is 5.77. The molecule has 0 saturated heterocycles. The molecule has 2 rings (SSSR count). The summed E-state index contributed by atoms with van der Waals surface area (Å²) >= 11 is 0. The molecule has 0 atom stereocenters. The van der Waals surface area contributed by atoms with E-state index in [1.807, 2.05) is 18.2 Å². The molecule has 0 unspecified atom stereocenters. The fraction of sp³-hybridized carbons (Fsp3) is 0.308. The number of hydrogen-bond donors (Lipinski definition) is 3. The molecule has 17 heavy (non-hydrogen) atoms. The number of nitrogens with two attached hydrogens (primary N) is 1. The van der Waals surface area contributed by atoms with Crippen molar-refractivity contribution in [3.63, 3.8) is 0 Å². The van der Waals surface area contributed by atoms with E-state index in [1.165, 1.54) is 0 Å². The van der Waals surface area contributed by atoms with Crippen LogP contribution in [0.2, 0.25) is 0 Å². The van der Waals surface area contributed by atoms with Crippen LogP contribution < -0.4 is 16.4 Å². The van der Waals surface area contributed by atoms with Gasteiger partial charge in [0.15, 0.2) is 0 Å². The SMILES string of the molecule is C=CCCNc1cc2c(cc1N)CCC(=O)N2. The van der Waals surface area contributed by atoms with Crippen LogP contribution >= 0.6 is 0 Å². The van der Waals surface area contributed by atoms with Crippen LogP contribution in [0.25, 0.3) is 0 Å². The van der Waals surface area contributed by atoms with Crippen molar-refractivity contribution in [1.29, 1.82) is 0 Å². The number of nitrogen functional groups attached to an aromatic ring is 1. The molecule has 1 aliphatic rings. The summed E-state index contributed by atoms with van der Waals surface area (Å²) in [6.07, 6.45) is 4.03. The van der Waals surface area contributed by atoms with Crippen LogP contribution in [0.5, 0.6) is 0 Å². The summed E-state index contributed by atoms with van der Waals surface area (Å²) in [7, 11) is 0. The van der Waals surface area contributed by atoms with E-state index >= 15 is 0 Å². The topological polar surface area (TPSA) is 67.1 Å². The van der Waals surface area contributed by atoms with Gasteiger partial charge >= 0.3 is 0 Å². The van der Waals surface area contributed by atoms with E-state index in [9.17, 15) is 4.79 Å². The Morgan fingerprint density at radius 1 is 1.47 bits per heavy atom. The van der Waals surface area contributed by atoms with Gasteiger partial charge < -0.3 is 16.4 Å². The monoisotopic (exact) mass is 231 g/mol. The minimum atomic E-state index is 0.0688. The Morgan fingerprint density at radius 3 is 3.06 bits per heavy atom. The standard InChI is InChI=1S/C13H17N3O/c1-2-3-6-15-12-8-11-9(7-10(12)14)4-5-13(17)16-11/h2,7-8,15H,1,3-6,14H2,(H,16,17). The molecule has 0 radical (unpaired) electrons. The molecule has 1 aliphatic heterocycles. The lowest BCUT2D eigenvalue weighted by atomic mass is 10.0. The molecule has 0 spiro atoms. The van der Waals surface area contributed by atoms with Gasteiger partial charge in [0.1, 0.15) is 0 Å². The second-order valence-corrected chi connectivity index (χ2v) is 4.15. The highest BCUT2D eigenvalue weighted by molar-refractivity contribution is 5.95. The van der Waals surface area contributed by atoms with Crippen LogP contribution in [0.15, 0.2) is 24.8 Å². The molecule has 4 heteroatoms. The van der Waals surface area contributed by atoms with Gasteiger partial charge in [-0.2, -0.15) is 0 Å². The number of nitrogens with one attached hydrogen (secondary N) is 2. The predicted octanol–water partition coefficient (Wildman–Crippen LogP) is 2.14. The summed E-state index contributed by atoms with van der Waals surface area (Å²) in [6, 6.07) is 3.84. The molecule has 0 fully saturated rings. The van der Waals surface area contributed by atoms with Gasteiger partial charge in [-0.05, 0) is 30.5 Å². The second-order valence-electron chi connectivity index (χ2n) is 4.15. The summed E-state index contributed by atoms with van der Waals surface area (Å²) < 4.78 is 0. The van der Waals surface area contributed by atoms with Crippen molar-refractivity contribution in [1.82, 2.24) is 0 Å². The lowest BCUT2D eigenvalue weighted by Crippen LogP contribution is -2.19. The molecular formula is C13H17N3O. The number of amides is 1. The van der Waals surface area contributed by atoms with Crippen LogP contribution in [0.3, 0.4) is 0 Å². The third-order valence-corrected chi connectivity index (χ3v) is 2.83. The Hall–Kier alpha value is -1.97. The average Bonchev–Trinajstić information content (AvgIpc) is 2.31. The highest BCUT2D eigenvalue weighted by atomic mass is 16.1. The summed E-state index contributed by atoms with van der Waals surface area (Å²) in [5.41, 5.74) is 9.53. The smallest absolute Gasteiger partial charge is 0.224 e. The zero-order valence-electron chi connectivity index (χ0n) is 9.75. The van der Waals surface area contributed by atoms with E-state index in [2.05, 4.69) is 17.2 Å². The molecule has 4 N–H and O–H groups in total. The molecule has 0 aliphatic carbocycles. The van der Waals surface area contributed by atoms with E-state index in [4.69, 9.17) is 5.73 Å². The molecule has 0 bridgehead atoms. The Bertz CT molecular complexity index is 454. The lowest BCUT2D eigenvalue weighted by Gasteiger charge is -2.19. The third-order valence-electron chi connectivity index (χ3n) is 2.83. The molecule has 1 aromatic rings. The quantitative estimate of drug-likeness (QED) is 0.422. The molecular weight excluding hydrogens is 214 g/mol. The van der Waals surface area contributed by atoms with Crippen molar-refractivity contribution < 1.29 is 4.79 Å². The van der Waals surface area contributed by atoms with Gasteiger partial charge in [0.05, 0.1) is 11.4 Å². The van der Waals surface area contributed by atoms with Crippen LogP contribution in [0.4, 0.5) is 17.1 Å². The average molecular weight is 231 g/mol. The maximum Gasteiger partial charge on any atom is 0.224 e. The number of fused-ring (bicyclic) bond motifs is 1. The number of benzene rings is 1. The van der Waals surface area contributed by atoms with Crippen LogP contribution in [-0.2, 0) is 11.2 Å². The molecule has 0 saturated carbocycles. The predicted molar refractivity (Wildman–Crippen MR) is 71.1 cm³/mol. The third kappa shape index (κ3) is 2.58. The lowest BCUT2D eigenvalue weighted by molar-refractivity contribution is -0.116. The van der Waals surface area contributed by atoms with E-state index in [0.29, 0.717) is 6.42 Å². The maximum atomic E-state index is 11.3. The highest BCUT2D eigenvalue weighted by Gasteiger charge is 2.16. The largest absolute Gasteiger partial charge is 0.397 e. The summed E-state index contributed by atoms with van der Waals surface area (Å²) in [4.78, 5) is 11.3.